The van der Waals surface area contributed by atoms with E-state index in [1.165, 1.54) is 23.5 Å². The molecular weight excluding hydrogens is 303 g/mol. The number of ether oxygens (including phenoxy) is 1. The van der Waals surface area contributed by atoms with Crippen LogP contribution in [0.25, 0.3) is 20.5 Å². The van der Waals surface area contributed by atoms with Crippen LogP contribution < -0.4 is 4.74 Å². The number of benzene rings is 2. The van der Waals surface area contributed by atoms with E-state index in [2.05, 4.69) is 0 Å². The van der Waals surface area contributed by atoms with E-state index in [9.17, 15) is 14.3 Å². The molecule has 0 bridgehead atoms. The van der Waals surface area contributed by atoms with Crippen LogP contribution in [0.3, 0.4) is 0 Å². The molecule has 0 saturated heterocycles. The minimum Gasteiger partial charge on any atom is -0.496 e. The Labute approximate surface area is 130 Å². The third kappa shape index (κ3) is 2.23. The predicted molar refractivity (Wildman–Crippen MR) is 85.5 cm³/mol. The van der Waals surface area contributed by atoms with Crippen molar-refractivity contribution < 1.29 is 19.0 Å². The van der Waals surface area contributed by atoms with Crippen molar-refractivity contribution in [2.45, 2.75) is 6.92 Å². The predicted octanol–water partition coefficient (Wildman–Crippen LogP) is 4.72. The maximum absolute atomic E-state index is 13.1. The van der Waals surface area contributed by atoms with Crippen molar-refractivity contribution in [3.63, 3.8) is 0 Å². The zero-order valence-corrected chi connectivity index (χ0v) is 12.8. The van der Waals surface area contributed by atoms with Gasteiger partial charge in [0.2, 0.25) is 0 Å². The number of hydrogen-bond donors (Lipinski definition) is 1. The van der Waals surface area contributed by atoms with E-state index in [0.717, 1.165) is 10.3 Å². The standard InChI is InChI=1S/C17H13FO3S/c1-9-12(21-2)7-8-13-14(9)15(17(19)20)16(22-13)10-3-5-11(18)6-4-10/h3-8H,1-2H3,(H,19,20). The SMILES string of the molecule is COc1ccc2sc(-c3ccc(F)cc3)c(C(=O)O)c2c1C. The molecule has 3 aromatic rings. The van der Waals surface area contributed by atoms with E-state index in [4.69, 9.17) is 4.74 Å². The van der Waals surface area contributed by atoms with Crippen LogP contribution in [-0.4, -0.2) is 18.2 Å². The van der Waals surface area contributed by atoms with Gasteiger partial charge in [-0.3, -0.25) is 0 Å². The zero-order chi connectivity index (χ0) is 15.9. The molecule has 0 aliphatic carbocycles. The highest BCUT2D eigenvalue weighted by Crippen LogP contribution is 2.42. The fourth-order valence-electron chi connectivity index (χ4n) is 2.57. The molecule has 2 aromatic carbocycles. The third-order valence-electron chi connectivity index (χ3n) is 3.61. The van der Waals surface area contributed by atoms with E-state index < -0.39 is 5.97 Å². The molecule has 0 radical (unpaired) electrons. The van der Waals surface area contributed by atoms with Crippen LogP contribution in [0, 0.1) is 12.7 Å². The minimum atomic E-state index is -0.998. The smallest absolute Gasteiger partial charge is 0.337 e. The van der Waals surface area contributed by atoms with E-state index in [-0.39, 0.29) is 11.4 Å². The van der Waals surface area contributed by atoms with Gasteiger partial charge in [-0.05, 0) is 36.8 Å². The molecule has 0 unspecified atom stereocenters. The van der Waals surface area contributed by atoms with Crippen LogP contribution in [-0.2, 0) is 0 Å². The van der Waals surface area contributed by atoms with E-state index in [1.54, 1.807) is 19.2 Å². The molecule has 1 N–H and O–H groups in total. The second-order valence-corrected chi connectivity index (χ2v) is 5.94. The highest BCUT2D eigenvalue weighted by molar-refractivity contribution is 7.22. The molecule has 3 rings (SSSR count). The summed E-state index contributed by atoms with van der Waals surface area (Å²) >= 11 is 1.39. The van der Waals surface area contributed by atoms with Gasteiger partial charge in [0.1, 0.15) is 11.6 Å². The molecule has 0 saturated carbocycles. The summed E-state index contributed by atoms with van der Waals surface area (Å²) in [6.45, 7) is 1.84. The van der Waals surface area contributed by atoms with Crippen LogP contribution in [0.1, 0.15) is 15.9 Å². The van der Waals surface area contributed by atoms with E-state index >= 15 is 0 Å². The molecule has 0 fully saturated rings. The lowest BCUT2D eigenvalue weighted by molar-refractivity contribution is 0.0700. The molecule has 0 aliphatic rings. The maximum Gasteiger partial charge on any atom is 0.337 e. The number of halogens is 1. The normalized spacial score (nSPS) is 10.9. The van der Waals surface area contributed by atoms with Gasteiger partial charge in [-0.2, -0.15) is 0 Å². The second-order valence-electron chi connectivity index (χ2n) is 4.88. The number of carbonyl (C=O) groups is 1. The summed E-state index contributed by atoms with van der Waals surface area (Å²) in [7, 11) is 1.56. The van der Waals surface area contributed by atoms with E-state index in [1.807, 2.05) is 19.1 Å². The van der Waals surface area contributed by atoms with Crippen LogP contribution in [0.5, 0.6) is 5.75 Å². The van der Waals surface area contributed by atoms with Crippen molar-refractivity contribution in [2.24, 2.45) is 0 Å². The highest BCUT2D eigenvalue weighted by atomic mass is 32.1. The summed E-state index contributed by atoms with van der Waals surface area (Å²) in [5, 5.41) is 10.3. The first kappa shape index (κ1) is 14.5. The van der Waals surface area contributed by atoms with Crippen molar-refractivity contribution >= 4 is 27.4 Å². The molecular formula is C17H13FO3S. The van der Waals surface area contributed by atoms with Crippen LogP contribution in [0.15, 0.2) is 36.4 Å². The lowest BCUT2D eigenvalue weighted by Crippen LogP contribution is -1.98. The average molecular weight is 316 g/mol. The topological polar surface area (TPSA) is 46.5 Å². The lowest BCUT2D eigenvalue weighted by atomic mass is 10.0. The first-order valence-electron chi connectivity index (χ1n) is 6.62. The summed E-state index contributed by atoms with van der Waals surface area (Å²) in [5.41, 5.74) is 1.73. The quantitative estimate of drug-likeness (QED) is 0.760. The number of fused-ring (bicyclic) bond motifs is 1. The van der Waals surface area contributed by atoms with Gasteiger partial charge in [-0.1, -0.05) is 12.1 Å². The average Bonchev–Trinajstić information content (AvgIpc) is 2.89. The number of aryl methyl sites for hydroxylation is 1. The Balaban J connectivity index is 2.36. The van der Waals surface area contributed by atoms with Crippen molar-refractivity contribution in [3.05, 3.63) is 53.3 Å². The first-order chi connectivity index (χ1) is 10.5. The highest BCUT2D eigenvalue weighted by Gasteiger charge is 2.22. The molecule has 1 aromatic heterocycles. The first-order valence-corrected chi connectivity index (χ1v) is 7.44. The molecule has 0 spiro atoms. The molecule has 5 heteroatoms. The largest absolute Gasteiger partial charge is 0.496 e. The van der Waals surface area contributed by atoms with Gasteiger partial charge < -0.3 is 9.84 Å². The summed E-state index contributed by atoms with van der Waals surface area (Å²) in [6, 6.07) is 9.54. The molecule has 1 heterocycles. The number of carboxylic acid groups (broad SMARTS) is 1. The Morgan fingerprint density at radius 2 is 1.86 bits per heavy atom. The monoisotopic (exact) mass is 316 g/mol. The number of methoxy groups -OCH3 is 1. The fraction of sp³-hybridized carbons (Fsp3) is 0.118. The molecule has 0 atom stereocenters. The Morgan fingerprint density at radius 3 is 2.45 bits per heavy atom. The third-order valence-corrected chi connectivity index (χ3v) is 4.81. The molecule has 3 nitrogen and oxygen atoms in total. The van der Waals surface area contributed by atoms with Gasteiger partial charge in [0, 0.05) is 15.6 Å². The van der Waals surface area contributed by atoms with Gasteiger partial charge >= 0.3 is 5.97 Å². The number of rotatable bonds is 3. The van der Waals surface area contributed by atoms with Crippen LogP contribution in [0.4, 0.5) is 4.39 Å². The minimum absolute atomic E-state index is 0.239. The number of aromatic carboxylic acids is 1. The lowest BCUT2D eigenvalue weighted by Gasteiger charge is -2.06. The second kappa shape index (κ2) is 5.42. The molecule has 0 amide bonds. The maximum atomic E-state index is 13.1. The van der Waals surface area contributed by atoms with Crippen LogP contribution in [0.2, 0.25) is 0 Å². The molecule has 22 heavy (non-hydrogen) atoms. The van der Waals surface area contributed by atoms with Gasteiger partial charge in [-0.15, -0.1) is 11.3 Å². The zero-order valence-electron chi connectivity index (χ0n) is 12.0. The Bertz CT molecular complexity index is 866. The van der Waals surface area contributed by atoms with Crippen molar-refractivity contribution in [1.82, 2.24) is 0 Å². The Morgan fingerprint density at radius 1 is 1.18 bits per heavy atom. The van der Waals surface area contributed by atoms with Crippen LogP contribution >= 0.6 is 11.3 Å². The van der Waals surface area contributed by atoms with Gasteiger partial charge in [0.05, 0.1) is 17.6 Å². The Hall–Kier alpha value is -2.40. The summed E-state index contributed by atoms with van der Waals surface area (Å²) in [4.78, 5) is 12.4. The molecule has 0 aliphatic heterocycles. The van der Waals surface area contributed by atoms with Crippen molar-refractivity contribution in [1.29, 1.82) is 0 Å². The summed E-state index contributed by atoms with van der Waals surface area (Å²) in [6.07, 6.45) is 0. The fourth-order valence-corrected chi connectivity index (χ4v) is 3.83. The van der Waals surface area contributed by atoms with E-state index in [0.29, 0.717) is 21.6 Å². The summed E-state index contributed by atoms with van der Waals surface area (Å²) in [5.74, 6) is -0.694. The van der Waals surface area contributed by atoms with Gasteiger partial charge in [-0.25, -0.2) is 9.18 Å². The number of hydrogen-bond acceptors (Lipinski definition) is 3. The summed E-state index contributed by atoms with van der Waals surface area (Å²) < 4.78 is 19.3. The number of carboxylic acids is 1. The van der Waals surface area contributed by atoms with Gasteiger partial charge in [0.15, 0.2) is 0 Å². The van der Waals surface area contributed by atoms with Crippen molar-refractivity contribution in [3.8, 4) is 16.2 Å². The number of thiophene rings is 1. The van der Waals surface area contributed by atoms with Gasteiger partial charge in [0.25, 0.3) is 0 Å². The molecule has 112 valence electrons. The Kier molecular flexibility index (Phi) is 3.58. The van der Waals surface area contributed by atoms with Crippen molar-refractivity contribution in [2.75, 3.05) is 7.11 Å².